The van der Waals surface area contributed by atoms with Gasteiger partial charge in [0, 0.05) is 29.7 Å². The van der Waals surface area contributed by atoms with E-state index in [0.717, 1.165) is 45.9 Å². The van der Waals surface area contributed by atoms with Gasteiger partial charge in [-0.2, -0.15) is 0 Å². The topological polar surface area (TPSA) is 83.9 Å². The second kappa shape index (κ2) is 9.36. The van der Waals surface area contributed by atoms with E-state index in [2.05, 4.69) is 26.6 Å². The molecule has 0 spiro atoms. The molecule has 1 aliphatic heterocycles. The van der Waals surface area contributed by atoms with E-state index in [1.165, 1.54) is 11.8 Å². The van der Waals surface area contributed by atoms with E-state index in [0.29, 0.717) is 18.2 Å². The highest BCUT2D eigenvalue weighted by molar-refractivity contribution is 7.99. The van der Waals surface area contributed by atoms with Crippen molar-refractivity contribution < 1.29 is 4.79 Å². The number of fused-ring (bicyclic) bond motifs is 1. The van der Waals surface area contributed by atoms with Crippen molar-refractivity contribution in [1.82, 2.24) is 19.7 Å². The Morgan fingerprint density at radius 1 is 1.21 bits per heavy atom. The van der Waals surface area contributed by atoms with Crippen LogP contribution >= 0.6 is 23.1 Å². The third-order valence-electron chi connectivity index (χ3n) is 5.71. The summed E-state index contributed by atoms with van der Waals surface area (Å²) < 4.78 is 1.60. The van der Waals surface area contributed by atoms with Gasteiger partial charge in [0.15, 0.2) is 5.16 Å². The Labute approximate surface area is 199 Å². The first-order valence-electron chi connectivity index (χ1n) is 10.8. The number of aromatic amines is 1. The van der Waals surface area contributed by atoms with E-state index in [9.17, 15) is 9.59 Å². The lowest BCUT2D eigenvalue weighted by atomic mass is 10.1. The fraction of sp³-hybridized carbons (Fsp3) is 0.250. The van der Waals surface area contributed by atoms with Crippen molar-refractivity contribution in [3.63, 3.8) is 0 Å². The molecule has 0 aliphatic carbocycles. The van der Waals surface area contributed by atoms with Crippen LogP contribution in [0.4, 0.5) is 5.69 Å². The fourth-order valence-electron chi connectivity index (χ4n) is 4.02. The Morgan fingerprint density at radius 3 is 2.85 bits per heavy atom. The summed E-state index contributed by atoms with van der Waals surface area (Å²) in [6.07, 6.45) is 1.55. The Bertz CT molecular complexity index is 1340. The van der Waals surface area contributed by atoms with Crippen LogP contribution in [0.3, 0.4) is 0 Å². The van der Waals surface area contributed by atoms with Gasteiger partial charge in [-0.1, -0.05) is 48.2 Å². The Balaban J connectivity index is 1.24. The monoisotopic (exact) mass is 477 g/mol. The average Bonchev–Trinajstić information content (AvgIpc) is 3.55. The molecule has 2 aromatic carbocycles. The van der Waals surface area contributed by atoms with Crippen LogP contribution in [-0.4, -0.2) is 38.0 Å². The smallest absolute Gasteiger partial charge is 0.311 e. The van der Waals surface area contributed by atoms with Crippen LogP contribution in [0.25, 0.3) is 11.3 Å². The number of aromatic nitrogens is 4. The molecule has 3 heterocycles. The summed E-state index contributed by atoms with van der Waals surface area (Å²) in [6, 6.07) is 16.2. The lowest BCUT2D eigenvalue weighted by Gasteiger charge is -2.17. The lowest BCUT2D eigenvalue weighted by molar-refractivity contribution is -0.116. The van der Waals surface area contributed by atoms with E-state index in [4.69, 9.17) is 0 Å². The molecule has 33 heavy (non-hydrogen) atoms. The number of benzene rings is 2. The molecular weight excluding hydrogens is 454 g/mol. The third kappa shape index (κ3) is 4.65. The van der Waals surface area contributed by atoms with E-state index in [1.807, 2.05) is 54.3 Å². The van der Waals surface area contributed by atoms with Gasteiger partial charge in [-0.15, -0.1) is 16.4 Å². The Morgan fingerprint density at radius 2 is 2.06 bits per heavy atom. The zero-order chi connectivity index (χ0) is 22.8. The molecule has 4 aromatic rings. The van der Waals surface area contributed by atoms with Crippen LogP contribution in [-0.2, 0) is 24.2 Å². The minimum absolute atomic E-state index is 0.0149. The maximum atomic E-state index is 13.0. The first-order chi connectivity index (χ1) is 16.1. The van der Waals surface area contributed by atoms with Crippen LogP contribution in [0.5, 0.6) is 0 Å². The van der Waals surface area contributed by atoms with E-state index in [-0.39, 0.29) is 17.3 Å². The van der Waals surface area contributed by atoms with Gasteiger partial charge < -0.3 is 4.90 Å². The first kappa shape index (κ1) is 21.7. The molecule has 2 aromatic heterocycles. The number of anilines is 1. The maximum absolute atomic E-state index is 13.0. The number of carbonyl (C=O) groups excluding carboxylic acids is 1. The number of hydrogen-bond donors (Lipinski definition) is 1. The molecule has 1 N–H and O–H groups in total. The maximum Gasteiger partial charge on any atom is 0.343 e. The summed E-state index contributed by atoms with van der Waals surface area (Å²) in [5, 5.41) is 10.3. The van der Waals surface area contributed by atoms with Gasteiger partial charge in [0.2, 0.25) is 5.91 Å². The van der Waals surface area contributed by atoms with Gasteiger partial charge in [-0.3, -0.25) is 9.36 Å². The van der Waals surface area contributed by atoms with Crippen LogP contribution in [0.2, 0.25) is 0 Å². The molecule has 0 bridgehead atoms. The summed E-state index contributed by atoms with van der Waals surface area (Å²) in [7, 11) is 0. The zero-order valence-electron chi connectivity index (χ0n) is 18.2. The van der Waals surface area contributed by atoms with Gasteiger partial charge in [-0.25, -0.2) is 14.9 Å². The average molecular weight is 478 g/mol. The van der Waals surface area contributed by atoms with Gasteiger partial charge in [-0.05, 0) is 43.0 Å². The molecule has 0 saturated carbocycles. The van der Waals surface area contributed by atoms with Crippen molar-refractivity contribution in [2.75, 3.05) is 17.2 Å². The molecule has 0 unspecified atom stereocenters. The number of thioether (sulfide) groups is 1. The molecule has 9 heteroatoms. The molecule has 0 saturated heterocycles. The number of amides is 1. The predicted molar refractivity (Wildman–Crippen MR) is 132 cm³/mol. The highest BCUT2D eigenvalue weighted by atomic mass is 32.2. The minimum Gasteiger partial charge on any atom is -0.311 e. The standard InChI is InChI=1S/C24H23N5O2S2/c1-16-25-20(14-32-16)18-7-8-21-19(13-18)10-12-28(21)22(30)15-33-24-27-26-23(31)29(24)11-9-17-5-3-2-4-6-17/h2-8,13-14H,9-12,15H2,1H3,(H,26,31). The third-order valence-corrected chi connectivity index (χ3v) is 7.44. The lowest BCUT2D eigenvalue weighted by Crippen LogP contribution is -2.30. The van der Waals surface area contributed by atoms with Crippen LogP contribution in [0, 0.1) is 6.92 Å². The van der Waals surface area contributed by atoms with E-state index >= 15 is 0 Å². The zero-order valence-corrected chi connectivity index (χ0v) is 19.8. The number of H-pyrrole nitrogens is 1. The molecule has 5 rings (SSSR count). The van der Waals surface area contributed by atoms with Crippen molar-refractivity contribution in [3.05, 3.63) is 80.5 Å². The number of nitrogens with one attached hydrogen (secondary N) is 1. The van der Waals surface area contributed by atoms with Crippen molar-refractivity contribution in [3.8, 4) is 11.3 Å². The van der Waals surface area contributed by atoms with E-state index < -0.39 is 0 Å². The number of hydrogen-bond acceptors (Lipinski definition) is 6. The molecule has 7 nitrogen and oxygen atoms in total. The first-order valence-corrected chi connectivity index (χ1v) is 12.6. The number of nitrogens with zero attached hydrogens (tertiary/aromatic N) is 4. The van der Waals surface area contributed by atoms with Crippen molar-refractivity contribution >= 4 is 34.7 Å². The van der Waals surface area contributed by atoms with Crippen molar-refractivity contribution in [2.24, 2.45) is 0 Å². The molecule has 0 radical (unpaired) electrons. The number of rotatable bonds is 7. The largest absolute Gasteiger partial charge is 0.343 e. The molecule has 1 amide bonds. The van der Waals surface area contributed by atoms with Gasteiger partial charge >= 0.3 is 5.69 Å². The summed E-state index contributed by atoms with van der Waals surface area (Å²) in [5.74, 6) is 0.239. The number of carbonyl (C=O) groups is 1. The number of thiazole rings is 1. The van der Waals surface area contributed by atoms with Crippen LogP contribution < -0.4 is 10.6 Å². The molecule has 1 aliphatic rings. The number of aryl methyl sites for hydroxylation is 2. The van der Waals surface area contributed by atoms with E-state index in [1.54, 1.807) is 15.9 Å². The summed E-state index contributed by atoms with van der Waals surface area (Å²) in [4.78, 5) is 31.6. The summed E-state index contributed by atoms with van der Waals surface area (Å²) in [5.41, 5.74) is 5.08. The molecule has 168 valence electrons. The molecule has 0 atom stereocenters. The second-order valence-electron chi connectivity index (χ2n) is 7.88. The normalized spacial score (nSPS) is 12.8. The molecular formula is C24H23N5O2S2. The Kier molecular flexibility index (Phi) is 6.15. The highest BCUT2D eigenvalue weighted by Crippen LogP contribution is 2.33. The van der Waals surface area contributed by atoms with Gasteiger partial charge in [0.05, 0.1) is 16.5 Å². The summed E-state index contributed by atoms with van der Waals surface area (Å²) >= 11 is 2.93. The van der Waals surface area contributed by atoms with Crippen LogP contribution in [0.1, 0.15) is 16.1 Å². The van der Waals surface area contributed by atoms with Gasteiger partial charge in [0.1, 0.15) is 0 Å². The summed E-state index contributed by atoms with van der Waals surface area (Å²) in [6.45, 7) is 3.18. The quantitative estimate of drug-likeness (QED) is 0.408. The molecule has 0 fully saturated rings. The van der Waals surface area contributed by atoms with Crippen molar-refractivity contribution in [1.29, 1.82) is 0 Å². The minimum atomic E-state index is -0.253. The SMILES string of the molecule is Cc1nc(-c2ccc3c(c2)CCN3C(=O)CSc2n[nH]c(=O)n2CCc2ccccc2)cs1. The second-order valence-corrected chi connectivity index (χ2v) is 9.88. The highest BCUT2D eigenvalue weighted by Gasteiger charge is 2.25. The predicted octanol–water partition coefficient (Wildman–Crippen LogP) is 3.93. The fourth-order valence-corrected chi connectivity index (χ4v) is 5.49. The van der Waals surface area contributed by atoms with Crippen molar-refractivity contribution in [2.45, 2.75) is 31.5 Å². The van der Waals surface area contributed by atoms with Crippen LogP contribution in [0.15, 0.2) is 63.9 Å². The van der Waals surface area contributed by atoms with Gasteiger partial charge in [0.25, 0.3) is 0 Å². The Hall–Kier alpha value is -3.17.